The third-order valence-electron chi connectivity index (χ3n) is 1.45. The second kappa shape index (κ2) is 5.65. The van der Waals surface area contributed by atoms with Gasteiger partial charge in [-0.2, -0.15) is 8.42 Å². The van der Waals surface area contributed by atoms with Crippen molar-refractivity contribution in [2.24, 2.45) is 0 Å². The van der Waals surface area contributed by atoms with Gasteiger partial charge in [0.1, 0.15) is 6.10 Å². The number of rotatable bonds is 6. The molecule has 0 bridgehead atoms. The molecule has 0 aliphatic rings. The van der Waals surface area contributed by atoms with E-state index in [1.54, 1.807) is 0 Å². The first-order valence-corrected chi connectivity index (χ1v) is 6.20. The summed E-state index contributed by atoms with van der Waals surface area (Å²) in [5.41, 5.74) is 0. The van der Waals surface area contributed by atoms with Crippen molar-refractivity contribution in [1.29, 1.82) is 0 Å². The molecule has 0 radical (unpaired) electrons. The molecule has 0 saturated carbocycles. The van der Waals surface area contributed by atoms with Gasteiger partial charge in [0.2, 0.25) is 0 Å². The fraction of sp³-hybridized carbons (Fsp3) is 1.00. The van der Waals surface area contributed by atoms with Crippen LogP contribution in [0.25, 0.3) is 0 Å². The second-order valence-corrected chi connectivity index (χ2v) is 5.55. The van der Waals surface area contributed by atoms with E-state index in [1.807, 2.05) is 38.0 Å². The fourth-order valence-electron chi connectivity index (χ4n) is 1.18. The van der Waals surface area contributed by atoms with Crippen molar-refractivity contribution < 1.29 is 12.6 Å². The fourth-order valence-corrected chi connectivity index (χ4v) is 1.80. The zero-order chi connectivity index (χ0) is 11.4. The zero-order valence-electron chi connectivity index (χ0n) is 9.52. The molecule has 0 fully saturated rings. The van der Waals surface area contributed by atoms with Gasteiger partial charge in [0.25, 0.3) is 10.1 Å². The van der Waals surface area contributed by atoms with E-state index in [9.17, 15) is 8.42 Å². The van der Waals surface area contributed by atoms with E-state index in [-0.39, 0.29) is 6.10 Å². The van der Waals surface area contributed by atoms with Crippen molar-refractivity contribution in [3.63, 3.8) is 0 Å². The largest absolute Gasteiger partial charge is 0.307 e. The van der Waals surface area contributed by atoms with Crippen LogP contribution in [0.3, 0.4) is 0 Å². The van der Waals surface area contributed by atoms with Crippen LogP contribution >= 0.6 is 0 Å². The van der Waals surface area contributed by atoms with Crippen LogP contribution in [0, 0.1) is 0 Å². The lowest BCUT2D eigenvalue weighted by molar-refractivity contribution is 0.135. The molecule has 0 heterocycles. The Kier molecular flexibility index (Phi) is 5.58. The standard InChI is InChI=1S/C8H20N2O3S/c1-9(2)6-8(7-10(3)4)13-14(5,11)12/h8H,6-7H2,1-5H3. The molecule has 0 rings (SSSR count). The van der Waals surface area contributed by atoms with Crippen LogP contribution in [-0.4, -0.2) is 71.9 Å². The Morgan fingerprint density at radius 1 is 1.07 bits per heavy atom. The molecule has 6 heteroatoms. The van der Waals surface area contributed by atoms with Crippen molar-refractivity contribution in [2.75, 3.05) is 47.5 Å². The third kappa shape index (κ3) is 8.43. The molecule has 0 aliphatic heterocycles. The summed E-state index contributed by atoms with van der Waals surface area (Å²) < 4.78 is 26.8. The average molecular weight is 224 g/mol. The molecule has 0 unspecified atom stereocenters. The molecule has 0 saturated heterocycles. The summed E-state index contributed by atoms with van der Waals surface area (Å²) in [5, 5.41) is 0. The molecule has 0 aliphatic carbocycles. The van der Waals surface area contributed by atoms with Gasteiger partial charge in [-0.1, -0.05) is 0 Å². The van der Waals surface area contributed by atoms with Crippen molar-refractivity contribution in [2.45, 2.75) is 6.10 Å². The summed E-state index contributed by atoms with van der Waals surface area (Å²) in [7, 11) is 4.17. The molecular formula is C8H20N2O3S. The normalized spacial score (nSPS) is 13.1. The van der Waals surface area contributed by atoms with E-state index in [2.05, 4.69) is 0 Å². The van der Waals surface area contributed by atoms with E-state index in [0.29, 0.717) is 13.1 Å². The molecule has 0 atom stereocenters. The Hall–Kier alpha value is -0.170. The Labute approximate surface area is 86.8 Å². The van der Waals surface area contributed by atoms with Crippen LogP contribution < -0.4 is 0 Å². The smallest absolute Gasteiger partial charge is 0.264 e. The molecule has 14 heavy (non-hydrogen) atoms. The van der Waals surface area contributed by atoms with E-state index in [1.165, 1.54) is 0 Å². The summed E-state index contributed by atoms with van der Waals surface area (Å²) in [5.74, 6) is 0. The summed E-state index contributed by atoms with van der Waals surface area (Å²) in [6.07, 6.45) is 0.765. The predicted octanol–water partition coefficient (Wildman–Crippen LogP) is -0.546. The Bertz CT molecular complexity index is 239. The summed E-state index contributed by atoms with van der Waals surface area (Å²) >= 11 is 0. The predicted molar refractivity (Wildman–Crippen MR) is 56.8 cm³/mol. The van der Waals surface area contributed by atoms with Gasteiger partial charge in [0.15, 0.2) is 0 Å². The second-order valence-electron chi connectivity index (χ2n) is 3.95. The van der Waals surface area contributed by atoms with E-state index in [4.69, 9.17) is 4.18 Å². The van der Waals surface area contributed by atoms with E-state index in [0.717, 1.165) is 6.26 Å². The first-order chi connectivity index (χ1) is 6.20. The highest BCUT2D eigenvalue weighted by atomic mass is 32.2. The average Bonchev–Trinajstić information content (AvgIpc) is 1.77. The van der Waals surface area contributed by atoms with Gasteiger partial charge >= 0.3 is 0 Å². The molecular weight excluding hydrogens is 204 g/mol. The van der Waals surface area contributed by atoms with Crippen molar-refractivity contribution in [3.8, 4) is 0 Å². The number of hydrogen-bond donors (Lipinski definition) is 0. The van der Waals surface area contributed by atoms with Gasteiger partial charge in [-0.05, 0) is 28.2 Å². The number of likely N-dealkylation sites (N-methyl/N-ethyl adjacent to an activating group) is 2. The van der Waals surface area contributed by atoms with Crippen LogP contribution in [-0.2, 0) is 14.3 Å². The molecule has 0 amide bonds. The third-order valence-corrected chi connectivity index (χ3v) is 2.07. The van der Waals surface area contributed by atoms with Gasteiger partial charge in [-0.3, -0.25) is 4.18 Å². The SMILES string of the molecule is CN(C)CC(CN(C)C)OS(C)(=O)=O. The lowest BCUT2D eigenvalue weighted by atomic mass is 10.3. The number of hydrogen-bond acceptors (Lipinski definition) is 5. The van der Waals surface area contributed by atoms with Crippen LogP contribution in [0.1, 0.15) is 0 Å². The Morgan fingerprint density at radius 3 is 1.64 bits per heavy atom. The lowest BCUT2D eigenvalue weighted by Crippen LogP contribution is -2.37. The minimum absolute atomic E-state index is 0.310. The quantitative estimate of drug-likeness (QED) is 0.567. The highest BCUT2D eigenvalue weighted by Gasteiger charge is 2.17. The highest BCUT2D eigenvalue weighted by molar-refractivity contribution is 7.86. The topological polar surface area (TPSA) is 49.9 Å². The minimum atomic E-state index is -3.37. The van der Waals surface area contributed by atoms with Crippen LogP contribution in [0.5, 0.6) is 0 Å². The maximum absolute atomic E-state index is 10.9. The molecule has 0 aromatic carbocycles. The molecule has 0 aromatic rings. The van der Waals surface area contributed by atoms with Gasteiger partial charge in [0.05, 0.1) is 6.26 Å². The van der Waals surface area contributed by atoms with E-state index < -0.39 is 10.1 Å². The Morgan fingerprint density at radius 2 is 1.43 bits per heavy atom. The van der Waals surface area contributed by atoms with Gasteiger partial charge < -0.3 is 9.80 Å². The number of nitrogens with zero attached hydrogens (tertiary/aromatic N) is 2. The van der Waals surface area contributed by atoms with E-state index >= 15 is 0 Å². The van der Waals surface area contributed by atoms with Crippen LogP contribution in [0.4, 0.5) is 0 Å². The first-order valence-electron chi connectivity index (χ1n) is 4.38. The van der Waals surface area contributed by atoms with Gasteiger partial charge in [0, 0.05) is 13.1 Å². The summed E-state index contributed by atoms with van der Waals surface area (Å²) in [6.45, 7) is 1.18. The lowest BCUT2D eigenvalue weighted by Gasteiger charge is -2.23. The molecule has 0 aromatic heterocycles. The molecule has 0 spiro atoms. The maximum atomic E-state index is 10.9. The van der Waals surface area contributed by atoms with Gasteiger partial charge in [-0.25, -0.2) is 0 Å². The van der Waals surface area contributed by atoms with Crippen molar-refractivity contribution in [3.05, 3.63) is 0 Å². The van der Waals surface area contributed by atoms with Crippen molar-refractivity contribution in [1.82, 2.24) is 9.80 Å². The minimum Gasteiger partial charge on any atom is -0.307 e. The summed E-state index contributed by atoms with van der Waals surface area (Å²) in [6, 6.07) is 0. The summed E-state index contributed by atoms with van der Waals surface area (Å²) in [4.78, 5) is 3.80. The molecule has 86 valence electrons. The van der Waals surface area contributed by atoms with Crippen LogP contribution in [0.2, 0.25) is 0 Å². The van der Waals surface area contributed by atoms with Crippen molar-refractivity contribution >= 4 is 10.1 Å². The maximum Gasteiger partial charge on any atom is 0.264 e. The first kappa shape index (κ1) is 13.8. The monoisotopic (exact) mass is 224 g/mol. The van der Waals surface area contributed by atoms with Gasteiger partial charge in [-0.15, -0.1) is 0 Å². The Balaban J connectivity index is 4.25. The molecule has 0 N–H and O–H groups in total. The van der Waals surface area contributed by atoms with Crippen LogP contribution in [0.15, 0.2) is 0 Å². The zero-order valence-corrected chi connectivity index (χ0v) is 10.3. The highest BCUT2D eigenvalue weighted by Crippen LogP contribution is 2.00. The molecule has 5 nitrogen and oxygen atoms in total.